The first-order valence-corrected chi connectivity index (χ1v) is 9.97. The number of hydrogen-bond acceptors (Lipinski definition) is 7. The molecule has 0 saturated carbocycles. The van der Waals surface area contributed by atoms with Crippen LogP contribution in [0.4, 0.5) is 4.39 Å². The smallest absolute Gasteiger partial charge is 0.340 e. The van der Waals surface area contributed by atoms with E-state index in [1.807, 2.05) is 18.2 Å². The van der Waals surface area contributed by atoms with Gasteiger partial charge in [-0.2, -0.15) is 0 Å². The predicted octanol–water partition coefficient (Wildman–Crippen LogP) is 3.28. The molecular formula is C22H18FNO5S. The van der Waals surface area contributed by atoms with E-state index in [1.165, 1.54) is 25.3 Å². The molecule has 8 heteroatoms. The lowest BCUT2D eigenvalue weighted by atomic mass is 9.83. The topological polar surface area (TPSA) is 87.8 Å². The largest absolute Gasteiger partial charge is 0.460 e. The highest BCUT2D eigenvalue weighted by Gasteiger charge is 2.38. The summed E-state index contributed by atoms with van der Waals surface area (Å²) in [6.45, 7) is 0.194. The fraction of sp³-hybridized carbons (Fsp3) is 0.182. The molecule has 2 heterocycles. The van der Waals surface area contributed by atoms with E-state index in [1.54, 1.807) is 12.1 Å². The van der Waals surface area contributed by atoms with Gasteiger partial charge in [-0.25, -0.2) is 9.18 Å². The van der Waals surface area contributed by atoms with Crippen LogP contribution in [0.2, 0.25) is 0 Å². The number of ether oxygens (including phenoxy) is 3. The summed E-state index contributed by atoms with van der Waals surface area (Å²) >= 11 is 1.03. The molecule has 1 aliphatic heterocycles. The van der Waals surface area contributed by atoms with Crippen molar-refractivity contribution in [1.29, 1.82) is 0 Å². The molecular weight excluding hydrogens is 409 g/mol. The Kier molecular flexibility index (Phi) is 5.52. The fourth-order valence-electron chi connectivity index (χ4n) is 3.48. The highest BCUT2D eigenvalue weighted by atomic mass is 32.1. The Hall–Kier alpha value is -3.23. The third-order valence-corrected chi connectivity index (χ3v) is 5.76. The normalized spacial score (nSPS) is 15.6. The van der Waals surface area contributed by atoms with Gasteiger partial charge in [0, 0.05) is 17.2 Å². The summed E-state index contributed by atoms with van der Waals surface area (Å²) in [5, 5.41) is 0.688. The highest BCUT2D eigenvalue weighted by Crippen LogP contribution is 2.44. The molecule has 6 nitrogen and oxygen atoms in total. The molecule has 1 aliphatic rings. The molecule has 4 rings (SSSR count). The summed E-state index contributed by atoms with van der Waals surface area (Å²) in [4.78, 5) is 25.9. The monoisotopic (exact) mass is 427 g/mol. The van der Waals surface area contributed by atoms with Crippen LogP contribution >= 0.6 is 11.3 Å². The van der Waals surface area contributed by atoms with Crippen LogP contribution in [0.25, 0.3) is 10.1 Å². The zero-order chi connectivity index (χ0) is 21.3. The van der Waals surface area contributed by atoms with E-state index in [-0.39, 0.29) is 40.7 Å². The van der Waals surface area contributed by atoms with Gasteiger partial charge in [-0.3, -0.25) is 4.79 Å². The number of fused-ring (bicyclic) bond motifs is 3. The molecule has 0 radical (unpaired) electrons. The lowest BCUT2D eigenvalue weighted by Crippen LogP contribution is -2.31. The Morgan fingerprint density at radius 1 is 1.20 bits per heavy atom. The van der Waals surface area contributed by atoms with E-state index in [0.29, 0.717) is 10.9 Å². The second-order valence-corrected chi connectivity index (χ2v) is 7.64. The summed E-state index contributed by atoms with van der Waals surface area (Å²) in [5.74, 6) is -2.08. The van der Waals surface area contributed by atoms with E-state index in [0.717, 1.165) is 16.0 Å². The first-order valence-electron chi connectivity index (χ1n) is 9.16. The number of carbonyl (C=O) groups excluding carboxylic acids is 1. The van der Waals surface area contributed by atoms with Crippen LogP contribution in [0, 0.1) is 5.82 Å². The Morgan fingerprint density at radius 3 is 2.77 bits per heavy atom. The Bertz CT molecular complexity index is 1220. The number of methoxy groups -OCH3 is 1. The molecule has 0 unspecified atom stereocenters. The highest BCUT2D eigenvalue weighted by molar-refractivity contribution is 7.16. The third kappa shape index (κ3) is 3.55. The number of rotatable bonds is 5. The lowest BCUT2D eigenvalue weighted by molar-refractivity contribution is -0.140. The molecule has 3 aromatic rings. The van der Waals surface area contributed by atoms with Crippen LogP contribution in [0.3, 0.4) is 0 Å². The average molecular weight is 427 g/mol. The van der Waals surface area contributed by atoms with Gasteiger partial charge in [-0.1, -0.05) is 35.6 Å². The number of esters is 1. The number of hydrogen-bond donors (Lipinski definition) is 1. The van der Waals surface area contributed by atoms with Gasteiger partial charge in [-0.05, 0) is 29.8 Å². The van der Waals surface area contributed by atoms with Gasteiger partial charge in [-0.15, -0.1) is 0 Å². The van der Waals surface area contributed by atoms with Crippen LogP contribution in [0.1, 0.15) is 17.0 Å². The number of carbonyl (C=O) groups is 1. The van der Waals surface area contributed by atoms with Crippen LogP contribution < -0.4 is 15.2 Å². The summed E-state index contributed by atoms with van der Waals surface area (Å²) < 4.78 is 30.4. The third-order valence-electron chi connectivity index (χ3n) is 4.78. The Morgan fingerprint density at radius 2 is 2.00 bits per heavy atom. The Balaban J connectivity index is 1.94. The van der Waals surface area contributed by atoms with Gasteiger partial charge in [0.1, 0.15) is 23.7 Å². The van der Waals surface area contributed by atoms with Crippen LogP contribution in [-0.2, 0) is 14.3 Å². The van der Waals surface area contributed by atoms with Crippen molar-refractivity contribution in [1.82, 2.24) is 0 Å². The van der Waals surface area contributed by atoms with Crippen molar-refractivity contribution in [2.75, 3.05) is 20.3 Å². The molecule has 1 atom stereocenters. The molecule has 0 fully saturated rings. The van der Waals surface area contributed by atoms with Crippen molar-refractivity contribution in [3.63, 3.8) is 0 Å². The van der Waals surface area contributed by atoms with Crippen LogP contribution in [0.5, 0.6) is 5.75 Å². The molecule has 1 aromatic heterocycles. The summed E-state index contributed by atoms with van der Waals surface area (Å²) in [6, 6.07) is 12.9. The second kappa shape index (κ2) is 8.25. The van der Waals surface area contributed by atoms with Crippen molar-refractivity contribution >= 4 is 27.4 Å². The van der Waals surface area contributed by atoms with Crippen molar-refractivity contribution in [2.24, 2.45) is 5.73 Å². The zero-order valence-corrected chi connectivity index (χ0v) is 16.8. The van der Waals surface area contributed by atoms with E-state index < -0.39 is 17.7 Å². The maximum absolute atomic E-state index is 14.0. The standard InChI is InChI=1S/C22H18FNO5S/c1-27-9-10-28-21(25)18-16(12-5-4-6-13(23)11-12)17-19(29-20(18)24)14-7-2-3-8-15(14)30-22(17)26/h2-8,11,16H,9-10,24H2,1H3/t16-/m0/s1. The van der Waals surface area contributed by atoms with Crippen LogP contribution in [-0.4, -0.2) is 26.3 Å². The second-order valence-electron chi connectivity index (χ2n) is 6.63. The summed E-state index contributed by atoms with van der Waals surface area (Å²) in [6.07, 6.45) is 0. The number of halogens is 1. The maximum atomic E-state index is 14.0. The Labute approximate surface area is 175 Å². The molecule has 0 amide bonds. The van der Waals surface area contributed by atoms with Gasteiger partial charge >= 0.3 is 5.97 Å². The average Bonchev–Trinajstić information content (AvgIpc) is 2.73. The SMILES string of the molecule is COCCOC(=O)C1=C(N)Oc2c(c(=O)sc3ccccc23)[C@@H]1c1cccc(F)c1. The molecule has 0 spiro atoms. The van der Waals surface area contributed by atoms with E-state index >= 15 is 0 Å². The molecule has 0 saturated heterocycles. The molecule has 0 aliphatic carbocycles. The van der Waals surface area contributed by atoms with Gasteiger partial charge in [0.15, 0.2) is 0 Å². The van der Waals surface area contributed by atoms with Crippen molar-refractivity contribution in [2.45, 2.75) is 5.92 Å². The van der Waals surface area contributed by atoms with Gasteiger partial charge in [0.2, 0.25) is 10.6 Å². The summed E-state index contributed by atoms with van der Waals surface area (Å²) in [5.41, 5.74) is 6.74. The molecule has 154 valence electrons. The minimum absolute atomic E-state index is 0.000577. The van der Waals surface area contributed by atoms with Crippen LogP contribution in [0.15, 0.2) is 64.8 Å². The quantitative estimate of drug-likeness (QED) is 0.497. The van der Waals surface area contributed by atoms with Crippen molar-refractivity contribution in [3.05, 3.63) is 86.5 Å². The lowest BCUT2D eigenvalue weighted by Gasteiger charge is -2.28. The molecule has 2 aromatic carbocycles. The molecule has 0 bridgehead atoms. The fourth-order valence-corrected chi connectivity index (χ4v) is 4.42. The van der Waals surface area contributed by atoms with Gasteiger partial charge in [0.25, 0.3) is 0 Å². The number of benzene rings is 2. The minimum atomic E-state index is -0.923. The van der Waals surface area contributed by atoms with Gasteiger partial charge in [0.05, 0.1) is 18.1 Å². The van der Waals surface area contributed by atoms with Crippen molar-refractivity contribution < 1.29 is 23.4 Å². The van der Waals surface area contributed by atoms with Gasteiger partial charge < -0.3 is 19.9 Å². The van der Waals surface area contributed by atoms with E-state index in [4.69, 9.17) is 19.9 Å². The molecule has 2 N–H and O–H groups in total. The summed E-state index contributed by atoms with van der Waals surface area (Å²) in [7, 11) is 1.48. The number of nitrogens with two attached hydrogens (primary N) is 1. The van der Waals surface area contributed by atoms with Crippen molar-refractivity contribution in [3.8, 4) is 5.75 Å². The zero-order valence-electron chi connectivity index (χ0n) is 16.0. The molecule has 30 heavy (non-hydrogen) atoms. The first kappa shape index (κ1) is 20.1. The van der Waals surface area contributed by atoms with E-state index in [9.17, 15) is 14.0 Å². The maximum Gasteiger partial charge on any atom is 0.340 e. The van der Waals surface area contributed by atoms with E-state index in [2.05, 4.69) is 0 Å². The minimum Gasteiger partial charge on any atom is -0.460 e. The first-order chi connectivity index (χ1) is 14.5. The predicted molar refractivity (Wildman–Crippen MR) is 111 cm³/mol.